The molecule has 0 bridgehead atoms. The van der Waals surface area contributed by atoms with Crippen molar-refractivity contribution < 1.29 is 19.8 Å². The lowest BCUT2D eigenvalue weighted by molar-refractivity contribution is -0.139. The highest BCUT2D eigenvalue weighted by Crippen LogP contribution is 2.13. The fourth-order valence-corrected chi connectivity index (χ4v) is 1.37. The number of urea groups is 1. The second kappa shape index (κ2) is 6.83. The maximum Gasteiger partial charge on any atom is 0.326 e. The molecule has 2 amide bonds. The summed E-state index contributed by atoms with van der Waals surface area (Å²) in [5.41, 5.74) is 0.491. The number of rotatable bonds is 5. The second-order valence-corrected chi connectivity index (χ2v) is 3.94. The van der Waals surface area contributed by atoms with E-state index in [2.05, 4.69) is 10.6 Å². The first kappa shape index (κ1) is 14.3. The molecule has 0 unspecified atom stereocenters. The van der Waals surface area contributed by atoms with E-state index < -0.39 is 18.0 Å². The van der Waals surface area contributed by atoms with Crippen LogP contribution in [0.4, 0.5) is 10.5 Å². The van der Waals surface area contributed by atoms with E-state index in [1.165, 1.54) is 0 Å². The van der Waals surface area contributed by atoms with E-state index in [0.717, 1.165) is 0 Å². The summed E-state index contributed by atoms with van der Waals surface area (Å²) in [6.45, 7) is -0.321. The van der Waals surface area contributed by atoms with Crippen LogP contribution in [0.1, 0.15) is 6.42 Å². The molecule has 0 radical (unpaired) electrons. The molecule has 1 atom stereocenters. The molecule has 0 aliphatic rings. The van der Waals surface area contributed by atoms with Crippen molar-refractivity contribution in [3.05, 3.63) is 29.3 Å². The number of nitrogens with one attached hydrogen (secondary N) is 2. The number of hydrogen-bond acceptors (Lipinski definition) is 3. The summed E-state index contributed by atoms with van der Waals surface area (Å²) in [5, 5.41) is 22.7. The molecular weight excluding hydrogens is 260 g/mol. The Balaban J connectivity index is 2.54. The maximum atomic E-state index is 11.5. The first-order valence-electron chi connectivity index (χ1n) is 5.19. The van der Waals surface area contributed by atoms with Crippen LogP contribution in [-0.4, -0.2) is 34.9 Å². The highest BCUT2D eigenvalue weighted by atomic mass is 35.5. The van der Waals surface area contributed by atoms with Crippen molar-refractivity contribution in [1.82, 2.24) is 5.32 Å². The third-order valence-corrected chi connectivity index (χ3v) is 2.38. The second-order valence-electron chi connectivity index (χ2n) is 3.51. The van der Waals surface area contributed by atoms with Crippen LogP contribution in [-0.2, 0) is 4.79 Å². The first-order chi connectivity index (χ1) is 8.52. The minimum Gasteiger partial charge on any atom is -0.480 e. The van der Waals surface area contributed by atoms with Gasteiger partial charge in [0.25, 0.3) is 0 Å². The number of benzene rings is 1. The van der Waals surface area contributed by atoms with Crippen molar-refractivity contribution in [2.75, 3.05) is 11.9 Å². The summed E-state index contributed by atoms with van der Waals surface area (Å²) in [6, 6.07) is 4.59. The van der Waals surface area contributed by atoms with Crippen LogP contribution in [0.25, 0.3) is 0 Å². The Bertz CT molecular complexity index is 422. The van der Waals surface area contributed by atoms with E-state index in [4.69, 9.17) is 21.8 Å². The SMILES string of the molecule is O=C(Nc1ccc(Cl)cc1)N[C@@H](CCO)C(=O)O. The van der Waals surface area contributed by atoms with Crippen LogP contribution in [0.15, 0.2) is 24.3 Å². The van der Waals surface area contributed by atoms with Gasteiger partial charge in [0.1, 0.15) is 6.04 Å². The summed E-state index contributed by atoms with van der Waals surface area (Å²) in [5.74, 6) is -1.20. The number of amides is 2. The zero-order valence-electron chi connectivity index (χ0n) is 9.39. The van der Waals surface area contributed by atoms with Crippen molar-refractivity contribution in [3.8, 4) is 0 Å². The van der Waals surface area contributed by atoms with Gasteiger partial charge in [0.15, 0.2) is 0 Å². The summed E-state index contributed by atoms with van der Waals surface area (Å²) in [7, 11) is 0. The molecule has 0 saturated heterocycles. The van der Waals surface area contributed by atoms with Crippen LogP contribution in [0.5, 0.6) is 0 Å². The predicted molar refractivity (Wildman–Crippen MR) is 66.7 cm³/mol. The molecule has 0 saturated carbocycles. The van der Waals surface area contributed by atoms with E-state index in [1.807, 2.05) is 0 Å². The topological polar surface area (TPSA) is 98.7 Å². The number of carboxylic acids is 1. The Labute approximate surface area is 109 Å². The molecule has 0 aromatic heterocycles. The van der Waals surface area contributed by atoms with E-state index in [0.29, 0.717) is 10.7 Å². The largest absolute Gasteiger partial charge is 0.480 e. The lowest BCUT2D eigenvalue weighted by Crippen LogP contribution is -2.43. The molecule has 1 aromatic carbocycles. The summed E-state index contributed by atoms with van der Waals surface area (Å²) in [4.78, 5) is 22.2. The van der Waals surface area contributed by atoms with Crippen LogP contribution in [0.2, 0.25) is 5.02 Å². The minimum absolute atomic E-state index is 0.0522. The van der Waals surface area contributed by atoms with Crippen LogP contribution >= 0.6 is 11.6 Å². The van der Waals surface area contributed by atoms with Crippen molar-refractivity contribution in [1.29, 1.82) is 0 Å². The Morgan fingerprint density at radius 1 is 1.28 bits per heavy atom. The van der Waals surface area contributed by atoms with Crippen molar-refractivity contribution in [3.63, 3.8) is 0 Å². The Kier molecular flexibility index (Phi) is 5.41. The van der Waals surface area contributed by atoms with Gasteiger partial charge >= 0.3 is 12.0 Å². The van der Waals surface area contributed by atoms with E-state index >= 15 is 0 Å². The van der Waals surface area contributed by atoms with Gasteiger partial charge in [-0.1, -0.05) is 11.6 Å². The highest BCUT2D eigenvalue weighted by Gasteiger charge is 2.18. The minimum atomic E-state index is -1.20. The molecule has 4 N–H and O–H groups in total. The van der Waals surface area contributed by atoms with E-state index in [1.54, 1.807) is 24.3 Å². The third kappa shape index (κ3) is 4.60. The number of hydrogen-bond donors (Lipinski definition) is 4. The number of carboxylic acid groups (broad SMARTS) is 1. The highest BCUT2D eigenvalue weighted by molar-refractivity contribution is 6.30. The van der Waals surface area contributed by atoms with Crippen molar-refractivity contribution in [2.24, 2.45) is 0 Å². The Hall–Kier alpha value is -1.79. The van der Waals surface area contributed by atoms with Gasteiger partial charge in [0, 0.05) is 23.7 Å². The number of aliphatic hydroxyl groups is 1. The predicted octanol–water partition coefficient (Wildman–Crippen LogP) is 1.30. The lowest BCUT2D eigenvalue weighted by Gasteiger charge is -2.13. The van der Waals surface area contributed by atoms with Gasteiger partial charge in [-0.15, -0.1) is 0 Å². The zero-order valence-corrected chi connectivity index (χ0v) is 10.1. The van der Waals surface area contributed by atoms with Gasteiger partial charge in [-0.2, -0.15) is 0 Å². The van der Waals surface area contributed by atoms with Crippen molar-refractivity contribution >= 4 is 29.3 Å². The number of anilines is 1. The smallest absolute Gasteiger partial charge is 0.326 e. The lowest BCUT2D eigenvalue weighted by atomic mass is 10.2. The normalized spacial score (nSPS) is 11.7. The molecule has 18 heavy (non-hydrogen) atoms. The molecule has 7 heteroatoms. The molecular formula is C11H13ClN2O4. The monoisotopic (exact) mass is 272 g/mol. The van der Waals surface area contributed by atoms with Crippen LogP contribution in [0, 0.1) is 0 Å². The molecule has 0 spiro atoms. The molecule has 1 rings (SSSR count). The molecule has 0 heterocycles. The van der Waals surface area contributed by atoms with Gasteiger partial charge in [-0.25, -0.2) is 9.59 Å². The summed E-state index contributed by atoms with van der Waals surface area (Å²) < 4.78 is 0. The molecule has 1 aromatic rings. The molecule has 0 fully saturated rings. The van der Waals surface area contributed by atoms with Crippen molar-refractivity contribution in [2.45, 2.75) is 12.5 Å². The van der Waals surface area contributed by atoms with Crippen LogP contribution in [0.3, 0.4) is 0 Å². The van der Waals surface area contributed by atoms with Gasteiger partial charge < -0.3 is 20.8 Å². The van der Waals surface area contributed by atoms with E-state index in [9.17, 15) is 9.59 Å². The van der Waals surface area contributed by atoms with Gasteiger partial charge in [-0.3, -0.25) is 0 Å². The zero-order chi connectivity index (χ0) is 13.5. The van der Waals surface area contributed by atoms with Gasteiger partial charge in [0.05, 0.1) is 0 Å². The number of aliphatic hydroxyl groups excluding tert-OH is 1. The van der Waals surface area contributed by atoms with Crippen LogP contribution < -0.4 is 10.6 Å². The molecule has 0 aliphatic carbocycles. The Morgan fingerprint density at radius 2 is 1.89 bits per heavy atom. The third-order valence-electron chi connectivity index (χ3n) is 2.12. The summed E-state index contributed by atoms with van der Waals surface area (Å²) >= 11 is 5.68. The number of aliphatic carboxylic acids is 1. The van der Waals surface area contributed by atoms with E-state index in [-0.39, 0.29) is 13.0 Å². The quantitative estimate of drug-likeness (QED) is 0.649. The van der Waals surface area contributed by atoms with Gasteiger partial charge in [0.2, 0.25) is 0 Å². The fourth-order valence-electron chi connectivity index (χ4n) is 1.25. The standard InChI is InChI=1S/C11H13ClN2O4/c12-7-1-3-8(4-2-7)13-11(18)14-9(5-6-15)10(16)17/h1-4,9,15H,5-6H2,(H,16,17)(H2,13,14,18)/t9-/m0/s1. The number of carbonyl (C=O) groups excluding carboxylic acids is 1. The molecule has 98 valence electrons. The number of halogens is 1. The average Bonchev–Trinajstić information content (AvgIpc) is 2.31. The first-order valence-corrected chi connectivity index (χ1v) is 5.57. The number of carbonyl (C=O) groups is 2. The summed E-state index contributed by atoms with van der Waals surface area (Å²) in [6.07, 6.45) is -0.0522. The van der Waals surface area contributed by atoms with Gasteiger partial charge in [-0.05, 0) is 24.3 Å². The molecule has 6 nitrogen and oxygen atoms in total. The maximum absolute atomic E-state index is 11.5. The average molecular weight is 273 g/mol. The Morgan fingerprint density at radius 3 is 2.39 bits per heavy atom. The molecule has 0 aliphatic heterocycles. The fraction of sp³-hybridized carbons (Fsp3) is 0.273.